The predicted molar refractivity (Wildman–Crippen MR) is 74.6 cm³/mol. The molecule has 0 atom stereocenters. The highest BCUT2D eigenvalue weighted by Crippen LogP contribution is 2.29. The normalized spacial score (nSPS) is 10.9. The summed E-state index contributed by atoms with van der Waals surface area (Å²) in [4.78, 5) is 37.1. The van der Waals surface area contributed by atoms with Crippen LogP contribution in [-0.2, 0) is 35.0 Å². The molecule has 0 bridgehead atoms. The van der Waals surface area contributed by atoms with Gasteiger partial charge >= 0.3 is 17.9 Å². The Morgan fingerprint density at radius 1 is 1.00 bits per heavy atom. The Balaban J connectivity index is 3.29. The number of hydrogen-bond acceptors (Lipinski definition) is 7. The first-order valence-electron chi connectivity index (χ1n) is 7.02. The van der Waals surface area contributed by atoms with Gasteiger partial charge in [-0.25, -0.2) is 0 Å². The van der Waals surface area contributed by atoms with E-state index in [-0.39, 0.29) is 26.2 Å². The molecule has 0 aliphatic rings. The van der Waals surface area contributed by atoms with Crippen molar-refractivity contribution in [1.29, 1.82) is 0 Å². The standard InChI is InChI=1S/C14H20N2O6/c1-4-20-11(17)14(12(18)21-5-2,13(19)22-6-3)7-10-8-15-16-9-10/h8-9H,4-7H2,1-3H3,(H,15,16). The third-order valence-corrected chi connectivity index (χ3v) is 2.90. The lowest BCUT2D eigenvalue weighted by atomic mass is 9.82. The number of hydrogen-bond donors (Lipinski definition) is 1. The molecule has 1 aromatic heterocycles. The minimum absolute atomic E-state index is 0.0186. The van der Waals surface area contributed by atoms with E-state index in [0.717, 1.165) is 0 Å². The van der Waals surface area contributed by atoms with E-state index in [1.54, 1.807) is 20.8 Å². The third-order valence-electron chi connectivity index (χ3n) is 2.90. The van der Waals surface area contributed by atoms with E-state index < -0.39 is 23.3 Å². The maximum atomic E-state index is 12.4. The highest BCUT2D eigenvalue weighted by Gasteiger charge is 2.57. The summed E-state index contributed by atoms with van der Waals surface area (Å²) in [6.45, 7) is 4.80. The van der Waals surface area contributed by atoms with Gasteiger partial charge in [0.15, 0.2) is 0 Å². The van der Waals surface area contributed by atoms with Crippen LogP contribution in [0.15, 0.2) is 12.4 Å². The zero-order chi connectivity index (χ0) is 16.6. The largest absolute Gasteiger partial charge is 0.465 e. The van der Waals surface area contributed by atoms with Crippen molar-refractivity contribution in [3.8, 4) is 0 Å². The Bertz CT molecular complexity index is 466. The zero-order valence-electron chi connectivity index (χ0n) is 12.9. The van der Waals surface area contributed by atoms with Crippen LogP contribution in [0.2, 0.25) is 0 Å². The van der Waals surface area contributed by atoms with E-state index in [4.69, 9.17) is 14.2 Å². The summed E-state index contributed by atoms with van der Waals surface area (Å²) >= 11 is 0. The van der Waals surface area contributed by atoms with Gasteiger partial charge < -0.3 is 14.2 Å². The number of carbonyl (C=O) groups is 3. The lowest BCUT2D eigenvalue weighted by Crippen LogP contribution is -2.51. The number of H-pyrrole nitrogens is 1. The number of nitrogens with zero attached hydrogens (tertiary/aromatic N) is 1. The van der Waals surface area contributed by atoms with Gasteiger partial charge in [-0.05, 0) is 26.3 Å². The van der Waals surface area contributed by atoms with Gasteiger partial charge in [-0.1, -0.05) is 0 Å². The zero-order valence-corrected chi connectivity index (χ0v) is 12.9. The molecule has 0 aliphatic heterocycles. The van der Waals surface area contributed by atoms with Crippen molar-refractivity contribution in [3.05, 3.63) is 18.0 Å². The molecule has 0 aliphatic carbocycles. The lowest BCUT2D eigenvalue weighted by Gasteiger charge is -2.26. The van der Waals surface area contributed by atoms with Crippen molar-refractivity contribution in [2.45, 2.75) is 27.2 Å². The summed E-state index contributed by atoms with van der Waals surface area (Å²) in [7, 11) is 0. The quantitative estimate of drug-likeness (QED) is 0.426. The summed E-state index contributed by atoms with van der Waals surface area (Å²) in [6.07, 6.45) is 2.64. The minimum atomic E-state index is -2.19. The number of carbonyl (C=O) groups excluding carboxylic acids is 3. The Kier molecular flexibility index (Phi) is 6.55. The number of esters is 3. The first-order valence-corrected chi connectivity index (χ1v) is 7.02. The van der Waals surface area contributed by atoms with Crippen LogP contribution in [0.5, 0.6) is 0 Å². The molecule has 8 heteroatoms. The van der Waals surface area contributed by atoms with Gasteiger partial charge in [0.1, 0.15) is 0 Å². The highest BCUT2D eigenvalue weighted by atomic mass is 16.6. The van der Waals surface area contributed by atoms with Gasteiger partial charge in [0.25, 0.3) is 5.41 Å². The van der Waals surface area contributed by atoms with Gasteiger partial charge in [0.2, 0.25) is 0 Å². The molecule has 8 nitrogen and oxygen atoms in total. The van der Waals surface area contributed by atoms with Crippen molar-refractivity contribution in [3.63, 3.8) is 0 Å². The van der Waals surface area contributed by atoms with Gasteiger partial charge in [-0.3, -0.25) is 19.5 Å². The molecule has 0 unspecified atom stereocenters. The second kappa shape index (κ2) is 8.16. The second-order valence-corrected chi connectivity index (χ2v) is 4.35. The number of nitrogens with one attached hydrogen (secondary N) is 1. The molecule has 0 radical (unpaired) electrons. The van der Waals surface area contributed by atoms with E-state index in [1.165, 1.54) is 12.4 Å². The highest BCUT2D eigenvalue weighted by molar-refractivity contribution is 6.18. The first-order chi connectivity index (χ1) is 10.5. The van der Waals surface area contributed by atoms with E-state index in [9.17, 15) is 14.4 Å². The molecule has 1 aromatic rings. The molecule has 0 spiro atoms. The predicted octanol–water partition coefficient (Wildman–Crippen LogP) is 0.628. The SMILES string of the molecule is CCOC(=O)C(Cc1cn[nH]c1)(C(=O)OCC)C(=O)OCC. The molecule has 0 fully saturated rings. The molecular formula is C14H20N2O6. The number of ether oxygens (including phenoxy) is 3. The van der Waals surface area contributed by atoms with Crippen LogP contribution >= 0.6 is 0 Å². The Morgan fingerprint density at radius 2 is 1.45 bits per heavy atom. The fraction of sp³-hybridized carbons (Fsp3) is 0.571. The fourth-order valence-corrected chi connectivity index (χ4v) is 1.91. The van der Waals surface area contributed by atoms with E-state index in [0.29, 0.717) is 5.56 Å². The lowest BCUT2D eigenvalue weighted by molar-refractivity contribution is -0.183. The number of aromatic amines is 1. The monoisotopic (exact) mass is 312 g/mol. The van der Waals surface area contributed by atoms with Crippen molar-refractivity contribution < 1.29 is 28.6 Å². The average Bonchev–Trinajstić information content (AvgIpc) is 2.98. The van der Waals surface area contributed by atoms with Crippen LogP contribution in [-0.4, -0.2) is 47.9 Å². The average molecular weight is 312 g/mol. The summed E-state index contributed by atoms with van der Waals surface area (Å²) in [5.74, 6) is -2.98. The summed E-state index contributed by atoms with van der Waals surface area (Å²) in [5, 5.41) is 6.30. The number of rotatable bonds is 8. The molecule has 0 saturated heterocycles. The fourth-order valence-electron chi connectivity index (χ4n) is 1.91. The summed E-state index contributed by atoms with van der Waals surface area (Å²) in [6, 6.07) is 0. The van der Waals surface area contributed by atoms with Crippen molar-refractivity contribution >= 4 is 17.9 Å². The van der Waals surface area contributed by atoms with Crippen molar-refractivity contribution in [1.82, 2.24) is 10.2 Å². The molecule has 1 rings (SSSR count). The van der Waals surface area contributed by atoms with Gasteiger partial charge in [0.05, 0.1) is 26.0 Å². The molecule has 0 saturated carbocycles. The first kappa shape index (κ1) is 17.7. The van der Waals surface area contributed by atoms with E-state index >= 15 is 0 Å². The van der Waals surface area contributed by atoms with Crippen LogP contribution in [0, 0.1) is 5.41 Å². The Hall–Kier alpha value is -2.38. The third kappa shape index (κ3) is 3.63. The topological polar surface area (TPSA) is 108 Å². The maximum Gasteiger partial charge on any atom is 0.335 e. The summed E-state index contributed by atoms with van der Waals surface area (Å²) < 4.78 is 14.8. The van der Waals surface area contributed by atoms with Crippen LogP contribution in [0.1, 0.15) is 26.3 Å². The molecule has 0 amide bonds. The van der Waals surface area contributed by atoms with Crippen molar-refractivity contribution in [2.75, 3.05) is 19.8 Å². The second-order valence-electron chi connectivity index (χ2n) is 4.35. The molecule has 1 N–H and O–H groups in total. The smallest absolute Gasteiger partial charge is 0.335 e. The van der Waals surface area contributed by atoms with E-state index in [1.807, 2.05) is 0 Å². The van der Waals surface area contributed by atoms with Crippen molar-refractivity contribution in [2.24, 2.45) is 5.41 Å². The van der Waals surface area contributed by atoms with Gasteiger partial charge in [0, 0.05) is 12.6 Å². The van der Waals surface area contributed by atoms with Gasteiger partial charge in [-0.15, -0.1) is 0 Å². The molecule has 22 heavy (non-hydrogen) atoms. The maximum absolute atomic E-state index is 12.4. The number of aromatic nitrogens is 2. The van der Waals surface area contributed by atoms with Crippen LogP contribution in [0.25, 0.3) is 0 Å². The molecule has 122 valence electrons. The Morgan fingerprint density at radius 3 is 1.77 bits per heavy atom. The molecule has 0 aromatic carbocycles. The Labute approximate surface area is 128 Å². The van der Waals surface area contributed by atoms with E-state index in [2.05, 4.69) is 10.2 Å². The van der Waals surface area contributed by atoms with Crippen LogP contribution < -0.4 is 0 Å². The van der Waals surface area contributed by atoms with Crippen LogP contribution in [0.3, 0.4) is 0 Å². The molecular weight excluding hydrogens is 292 g/mol. The van der Waals surface area contributed by atoms with Gasteiger partial charge in [-0.2, -0.15) is 5.10 Å². The van der Waals surface area contributed by atoms with Crippen LogP contribution in [0.4, 0.5) is 0 Å². The molecule has 1 heterocycles. The summed E-state index contributed by atoms with van der Waals surface area (Å²) in [5.41, 5.74) is -1.71. The minimum Gasteiger partial charge on any atom is -0.465 e.